The SMILES string of the molecule is O=c1c2ccccc2nc(COc2cccc3ccccc23)n1/N=C\c1cc2ccccc2[nH]1. The number of aromatic amines is 1. The number of benzene rings is 4. The van der Waals surface area contributed by atoms with E-state index in [0.29, 0.717) is 16.7 Å². The third kappa shape index (κ3) is 3.61. The van der Waals surface area contributed by atoms with Crippen LogP contribution in [-0.2, 0) is 6.61 Å². The predicted octanol–water partition coefficient (Wildman–Crippen LogP) is 5.49. The van der Waals surface area contributed by atoms with Crippen molar-refractivity contribution in [1.29, 1.82) is 0 Å². The van der Waals surface area contributed by atoms with Crippen molar-refractivity contribution in [1.82, 2.24) is 14.6 Å². The Bertz CT molecular complexity index is 1710. The molecule has 34 heavy (non-hydrogen) atoms. The Balaban J connectivity index is 1.41. The summed E-state index contributed by atoms with van der Waals surface area (Å²) in [4.78, 5) is 21.3. The maximum atomic E-state index is 13.3. The Morgan fingerprint density at radius 1 is 0.853 bits per heavy atom. The van der Waals surface area contributed by atoms with E-state index >= 15 is 0 Å². The zero-order valence-corrected chi connectivity index (χ0v) is 18.2. The Labute approximate surface area is 194 Å². The van der Waals surface area contributed by atoms with Crippen molar-refractivity contribution in [3.63, 3.8) is 0 Å². The summed E-state index contributed by atoms with van der Waals surface area (Å²) in [5.41, 5.74) is 2.17. The van der Waals surface area contributed by atoms with Gasteiger partial charge in [0.15, 0.2) is 5.82 Å². The van der Waals surface area contributed by atoms with Crippen LogP contribution in [0.3, 0.4) is 0 Å². The van der Waals surface area contributed by atoms with E-state index in [1.807, 2.05) is 91.0 Å². The van der Waals surface area contributed by atoms with E-state index in [-0.39, 0.29) is 12.2 Å². The lowest BCUT2D eigenvalue weighted by Crippen LogP contribution is -2.23. The normalized spacial score (nSPS) is 11.6. The molecule has 6 heteroatoms. The molecule has 0 spiro atoms. The summed E-state index contributed by atoms with van der Waals surface area (Å²) in [5, 5.41) is 8.17. The molecule has 0 aliphatic heterocycles. The minimum absolute atomic E-state index is 0.0954. The number of H-pyrrole nitrogens is 1. The second-order valence-corrected chi connectivity index (χ2v) is 7.98. The molecule has 4 aromatic carbocycles. The molecular weight excluding hydrogens is 424 g/mol. The molecule has 164 valence electrons. The van der Waals surface area contributed by atoms with Gasteiger partial charge in [0.1, 0.15) is 12.4 Å². The largest absolute Gasteiger partial charge is 0.485 e. The molecule has 6 nitrogen and oxygen atoms in total. The highest BCUT2D eigenvalue weighted by molar-refractivity contribution is 5.90. The van der Waals surface area contributed by atoms with Crippen LogP contribution in [0.2, 0.25) is 0 Å². The van der Waals surface area contributed by atoms with Gasteiger partial charge in [0.05, 0.1) is 22.8 Å². The molecular formula is C28H20N4O2. The monoisotopic (exact) mass is 444 g/mol. The van der Waals surface area contributed by atoms with E-state index in [1.54, 1.807) is 12.3 Å². The van der Waals surface area contributed by atoms with Crippen molar-refractivity contribution >= 4 is 38.8 Å². The van der Waals surface area contributed by atoms with Gasteiger partial charge in [-0.25, -0.2) is 4.98 Å². The van der Waals surface area contributed by atoms with Gasteiger partial charge in [0.25, 0.3) is 5.56 Å². The fraction of sp³-hybridized carbons (Fsp3) is 0.0357. The Kier molecular flexibility index (Phi) is 4.88. The molecule has 0 bridgehead atoms. The first-order valence-electron chi connectivity index (χ1n) is 11.0. The molecule has 2 aromatic heterocycles. The maximum Gasteiger partial charge on any atom is 0.282 e. The number of nitrogens with one attached hydrogen (secondary N) is 1. The molecule has 0 aliphatic carbocycles. The quantitative estimate of drug-likeness (QED) is 0.357. The number of ether oxygens (including phenoxy) is 1. The van der Waals surface area contributed by atoms with Gasteiger partial charge in [-0.2, -0.15) is 9.78 Å². The van der Waals surface area contributed by atoms with Crippen LogP contribution < -0.4 is 10.3 Å². The first kappa shape index (κ1) is 19.9. The highest BCUT2D eigenvalue weighted by Crippen LogP contribution is 2.26. The Morgan fingerprint density at radius 3 is 2.47 bits per heavy atom. The average molecular weight is 444 g/mol. The van der Waals surface area contributed by atoms with E-state index in [0.717, 1.165) is 33.1 Å². The highest BCUT2D eigenvalue weighted by Gasteiger charge is 2.12. The zero-order chi connectivity index (χ0) is 22.9. The first-order chi connectivity index (χ1) is 16.8. The van der Waals surface area contributed by atoms with Gasteiger partial charge in [-0.05, 0) is 35.7 Å². The fourth-order valence-electron chi connectivity index (χ4n) is 4.13. The third-order valence-corrected chi connectivity index (χ3v) is 5.79. The molecule has 6 rings (SSSR count). The van der Waals surface area contributed by atoms with Gasteiger partial charge in [0, 0.05) is 16.3 Å². The standard InChI is InChI=1S/C28H20N4O2/c33-28-23-12-4-6-14-25(23)31-27(18-34-26-15-7-10-19-8-1-3-11-22(19)26)32(28)29-17-21-16-20-9-2-5-13-24(20)30-21/h1-17,30H,18H2/b29-17-. The molecule has 0 radical (unpaired) electrons. The van der Waals surface area contributed by atoms with E-state index in [1.165, 1.54) is 4.68 Å². The number of para-hydroxylation sites is 2. The average Bonchev–Trinajstić information content (AvgIpc) is 3.30. The summed E-state index contributed by atoms with van der Waals surface area (Å²) in [5.74, 6) is 1.15. The molecule has 0 fully saturated rings. The van der Waals surface area contributed by atoms with E-state index in [9.17, 15) is 4.79 Å². The summed E-state index contributed by atoms with van der Waals surface area (Å²) in [7, 11) is 0. The van der Waals surface area contributed by atoms with Crippen molar-refractivity contribution in [2.45, 2.75) is 6.61 Å². The van der Waals surface area contributed by atoms with Crippen LogP contribution in [-0.4, -0.2) is 20.9 Å². The number of rotatable bonds is 5. The summed E-state index contributed by atoms with van der Waals surface area (Å²) in [6.45, 7) is 0.0954. The van der Waals surface area contributed by atoms with E-state index in [2.05, 4.69) is 10.1 Å². The molecule has 0 amide bonds. The van der Waals surface area contributed by atoms with Gasteiger partial charge in [-0.1, -0.05) is 66.7 Å². The van der Waals surface area contributed by atoms with E-state index in [4.69, 9.17) is 9.72 Å². The number of aromatic nitrogens is 3. The minimum Gasteiger partial charge on any atom is -0.485 e. The van der Waals surface area contributed by atoms with Crippen molar-refractivity contribution in [3.8, 4) is 5.75 Å². The maximum absolute atomic E-state index is 13.3. The van der Waals surface area contributed by atoms with Gasteiger partial charge in [-0.15, -0.1) is 0 Å². The minimum atomic E-state index is -0.241. The summed E-state index contributed by atoms with van der Waals surface area (Å²) in [6.07, 6.45) is 1.64. The van der Waals surface area contributed by atoms with Crippen molar-refractivity contribution in [3.05, 3.63) is 119 Å². The fourth-order valence-corrected chi connectivity index (χ4v) is 4.13. The number of fused-ring (bicyclic) bond motifs is 3. The molecule has 6 aromatic rings. The second kappa shape index (κ2) is 8.33. The molecule has 2 heterocycles. The number of hydrogen-bond donors (Lipinski definition) is 1. The van der Waals surface area contributed by atoms with Crippen LogP contribution in [0.15, 0.2) is 107 Å². The molecule has 0 unspecified atom stereocenters. The van der Waals surface area contributed by atoms with Gasteiger partial charge in [0.2, 0.25) is 0 Å². The Morgan fingerprint density at radius 2 is 1.59 bits per heavy atom. The first-order valence-corrected chi connectivity index (χ1v) is 11.0. The molecule has 0 atom stereocenters. The van der Waals surface area contributed by atoms with Gasteiger partial charge >= 0.3 is 0 Å². The number of hydrogen-bond acceptors (Lipinski definition) is 4. The van der Waals surface area contributed by atoms with E-state index < -0.39 is 0 Å². The third-order valence-electron chi connectivity index (χ3n) is 5.79. The van der Waals surface area contributed by atoms with Gasteiger partial charge in [-0.3, -0.25) is 4.79 Å². The molecule has 1 N–H and O–H groups in total. The summed E-state index contributed by atoms with van der Waals surface area (Å²) in [6, 6.07) is 31.2. The van der Waals surface area contributed by atoms with Gasteiger partial charge < -0.3 is 9.72 Å². The Hall–Kier alpha value is -4.71. The van der Waals surface area contributed by atoms with Crippen molar-refractivity contribution in [2.24, 2.45) is 5.10 Å². The molecule has 0 aliphatic rings. The van der Waals surface area contributed by atoms with Crippen LogP contribution in [0, 0.1) is 0 Å². The van der Waals surface area contributed by atoms with Crippen LogP contribution in [0.1, 0.15) is 11.5 Å². The summed E-state index contributed by atoms with van der Waals surface area (Å²) >= 11 is 0. The van der Waals surface area contributed by atoms with Crippen molar-refractivity contribution < 1.29 is 4.74 Å². The van der Waals surface area contributed by atoms with Crippen LogP contribution in [0.4, 0.5) is 0 Å². The van der Waals surface area contributed by atoms with Crippen LogP contribution in [0.5, 0.6) is 5.75 Å². The molecule has 0 saturated heterocycles. The molecule has 0 saturated carbocycles. The predicted molar refractivity (Wildman–Crippen MR) is 136 cm³/mol. The smallest absolute Gasteiger partial charge is 0.282 e. The lowest BCUT2D eigenvalue weighted by atomic mass is 10.1. The lowest BCUT2D eigenvalue weighted by Gasteiger charge is -2.12. The van der Waals surface area contributed by atoms with Crippen LogP contribution >= 0.6 is 0 Å². The second-order valence-electron chi connectivity index (χ2n) is 7.98. The highest BCUT2D eigenvalue weighted by atomic mass is 16.5. The zero-order valence-electron chi connectivity index (χ0n) is 18.2. The lowest BCUT2D eigenvalue weighted by molar-refractivity contribution is 0.293. The topological polar surface area (TPSA) is 72.3 Å². The summed E-state index contributed by atoms with van der Waals surface area (Å²) < 4.78 is 7.46. The van der Waals surface area contributed by atoms with Crippen LogP contribution in [0.25, 0.3) is 32.6 Å². The van der Waals surface area contributed by atoms with Crippen molar-refractivity contribution in [2.75, 3.05) is 0 Å². The number of nitrogens with zero attached hydrogens (tertiary/aromatic N) is 3.